The van der Waals surface area contributed by atoms with Gasteiger partial charge in [-0.05, 0) is 60.3 Å². The predicted octanol–water partition coefficient (Wildman–Crippen LogP) is 4.13. The monoisotopic (exact) mass is 390 g/mol. The fourth-order valence-electron chi connectivity index (χ4n) is 3.21. The van der Waals surface area contributed by atoms with E-state index in [1.54, 1.807) is 12.1 Å². The van der Waals surface area contributed by atoms with Crippen molar-refractivity contribution in [1.82, 2.24) is 10.2 Å². The number of carbonyl (C=O) groups is 1. The number of piperidine rings is 1. The second-order valence-corrected chi connectivity index (χ2v) is 7.39. The molecule has 1 saturated heterocycles. The molecule has 1 aromatic heterocycles. The molecule has 1 aliphatic heterocycles. The van der Waals surface area contributed by atoms with E-state index in [9.17, 15) is 4.79 Å². The van der Waals surface area contributed by atoms with Crippen molar-refractivity contribution < 1.29 is 9.21 Å². The fourth-order valence-corrected chi connectivity index (χ4v) is 3.51. The van der Waals surface area contributed by atoms with Gasteiger partial charge in [0.2, 0.25) is 0 Å². The minimum atomic E-state index is -0.134. The van der Waals surface area contributed by atoms with Gasteiger partial charge < -0.3 is 9.73 Å². The summed E-state index contributed by atoms with van der Waals surface area (Å²) in [4.78, 5) is 14.7. The molecule has 2 heterocycles. The van der Waals surface area contributed by atoms with E-state index in [0.717, 1.165) is 25.9 Å². The van der Waals surface area contributed by atoms with Crippen LogP contribution in [0.25, 0.3) is 0 Å². The van der Waals surface area contributed by atoms with Crippen LogP contribution in [0.2, 0.25) is 0 Å². The van der Waals surface area contributed by atoms with Gasteiger partial charge in [-0.1, -0.05) is 29.8 Å². The SMILES string of the molecule is Cc1ccc(CN2CCC(NC(=O)c3ccc(Br)o3)CC2C)cc1. The zero-order valence-electron chi connectivity index (χ0n) is 14.1. The van der Waals surface area contributed by atoms with Gasteiger partial charge in [0.1, 0.15) is 0 Å². The van der Waals surface area contributed by atoms with Crippen LogP contribution < -0.4 is 5.32 Å². The Balaban J connectivity index is 1.53. The molecular weight excluding hydrogens is 368 g/mol. The lowest BCUT2D eigenvalue weighted by molar-refractivity contribution is 0.0839. The minimum absolute atomic E-state index is 0.134. The lowest BCUT2D eigenvalue weighted by atomic mass is 9.97. The fraction of sp³-hybridized carbons (Fsp3) is 0.421. The standard InChI is InChI=1S/C19H23BrN2O2/c1-13-3-5-15(6-4-13)12-22-10-9-16(11-14(22)2)21-19(23)17-7-8-18(20)24-17/h3-8,14,16H,9-12H2,1-2H3,(H,21,23). The number of carbonyl (C=O) groups excluding carboxylic acids is 1. The Labute approximate surface area is 151 Å². The molecule has 1 aromatic carbocycles. The zero-order valence-corrected chi connectivity index (χ0v) is 15.7. The van der Waals surface area contributed by atoms with Crippen molar-refractivity contribution in [3.8, 4) is 0 Å². The summed E-state index contributed by atoms with van der Waals surface area (Å²) in [6.07, 6.45) is 1.92. The number of nitrogens with one attached hydrogen (secondary N) is 1. The molecule has 128 valence electrons. The summed E-state index contributed by atoms with van der Waals surface area (Å²) in [5.74, 6) is 0.224. The highest BCUT2D eigenvalue weighted by molar-refractivity contribution is 9.10. The number of hydrogen-bond donors (Lipinski definition) is 1. The van der Waals surface area contributed by atoms with Gasteiger partial charge in [0.05, 0.1) is 0 Å². The first-order valence-corrected chi connectivity index (χ1v) is 9.16. The molecule has 0 bridgehead atoms. The van der Waals surface area contributed by atoms with Gasteiger partial charge in [-0.2, -0.15) is 0 Å². The van der Waals surface area contributed by atoms with E-state index < -0.39 is 0 Å². The second kappa shape index (κ2) is 7.53. The molecule has 24 heavy (non-hydrogen) atoms. The minimum Gasteiger partial charge on any atom is -0.444 e. The van der Waals surface area contributed by atoms with Gasteiger partial charge in [0, 0.05) is 25.2 Å². The number of amides is 1. The van der Waals surface area contributed by atoms with E-state index in [0.29, 0.717) is 16.5 Å². The van der Waals surface area contributed by atoms with Crippen LogP contribution in [0.1, 0.15) is 41.4 Å². The molecule has 2 aromatic rings. The summed E-state index contributed by atoms with van der Waals surface area (Å²) in [5.41, 5.74) is 2.63. The van der Waals surface area contributed by atoms with E-state index in [4.69, 9.17) is 4.42 Å². The third-order valence-electron chi connectivity index (χ3n) is 4.65. The number of aryl methyl sites for hydroxylation is 1. The lowest BCUT2D eigenvalue weighted by Gasteiger charge is -2.37. The Morgan fingerprint density at radius 3 is 2.67 bits per heavy atom. The molecule has 0 saturated carbocycles. The Morgan fingerprint density at radius 2 is 2.04 bits per heavy atom. The van der Waals surface area contributed by atoms with Crippen LogP contribution in [0.5, 0.6) is 0 Å². The lowest BCUT2D eigenvalue weighted by Crippen LogP contribution is -2.48. The molecule has 1 fully saturated rings. The first kappa shape index (κ1) is 17.2. The van der Waals surface area contributed by atoms with Gasteiger partial charge in [0.25, 0.3) is 5.91 Å². The van der Waals surface area contributed by atoms with Crippen LogP contribution in [-0.2, 0) is 6.54 Å². The summed E-state index contributed by atoms with van der Waals surface area (Å²) < 4.78 is 5.90. The average molecular weight is 391 g/mol. The molecule has 3 rings (SSSR count). The average Bonchev–Trinajstić information content (AvgIpc) is 2.99. The van der Waals surface area contributed by atoms with Crippen molar-refractivity contribution in [2.45, 2.75) is 45.3 Å². The predicted molar refractivity (Wildman–Crippen MR) is 97.9 cm³/mol. The van der Waals surface area contributed by atoms with Gasteiger partial charge in [0.15, 0.2) is 10.4 Å². The molecule has 2 unspecified atom stereocenters. The number of hydrogen-bond acceptors (Lipinski definition) is 3. The molecule has 1 aliphatic rings. The van der Waals surface area contributed by atoms with E-state index in [1.165, 1.54) is 11.1 Å². The van der Waals surface area contributed by atoms with Crippen molar-refractivity contribution in [2.75, 3.05) is 6.54 Å². The van der Waals surface area contributed by atoms with Crippen LogP contribution >= 0.6 is 15.9 Å². The normalized spacial score (nSPS) is 21.6. The molecule has 0 radical (unpaired) electrons. The van der Waals surface area contributed by atoms with Crippen LogP contribution in [-0.4, -0.2) is 29.4 Å². The van der Waals surface area contributed by atoms with Gasteiger partial charge >= 0.3 is 0 Å². The van der Waals surface area contributed by atoms with E-state index >= 15 is 0 Å². The van der Waals surface area contributed by atoms with Gasteiger partial charge in [-0.3, -0.25) is 9.69 Å². The molecule has 0 aliphatic carbocycles. The Kier molecular flexibility index (Phi) is 5.41. The summed E-state index contributed by atoms with van der Waals surface area (Å²) >= 11 is 3.23. The molecular formula is C19H23BrN2O2. The maximum Gasteiger partial charge on any atom is 0.287 e. The molecule has 2 atom stereocenters. The van der Waals surface area contributed by atoms with Gasteiger partial charge in [-0.15, -0.1) is 0 Å². The van der Waals surface area contributed by atoms with Crippen LogP contribution in [0, 0.1) is 6.92 Å². The molecule has 1 N–H and O–H groups in total. The largest absolute Gasteiger partial charge is 0.444 e. The number of furan rings is 1. The maximum absolute atomic E-state index is 12.2. The third-order valence-corrected chi connectivity index (χ3v) is 5.08. The molecule has 1 amide bonds. The van der Waals surface area contributed by atoms with Crippen molar-refractivity contribution >= 4 is 21.8 Å². The van der Waals surface area contributed by atoms with Crippen molar-refractivity contribution in [3.05, 3.63) is 58.0 Å². The Morgan fingerprint density at radius 1 is 1.29 bits per heavy atom. The maximum atomic E-state index is 12.2. The summed E-state index contributed by atoms with van der Waals surface area (Å²) in [5, 5.41) is 3.09. The zero-order chi connectivity index (χ0) is 17.1. The van der Waals surface area contributed by atoms with Crippen LogP contribution in [0.3, 0.4) is 0 Å². The van der Waals surface area contributed by atoms with E-state index in [2.05, 4.69) is 64.3 Å². The van der Waals surface area contributed by atoms with Crippen molar-refractivity contribution in [2.24, 2.45) is 0 Å². The molecule has 5 heteroatoms. The number of halogens is 1. The third kappa shape index (κ3) is 4.28. The van der Waals surface area contributed by atoms with Gasteiger partial charge in [-0.25, -0.2) is 0 Å². The summed E-state index contributed by atoms with van der Waals surface area (Å²) in [6, 6.07) is 12.8. The highest BCUT2D eigenvalue weighted by Gasteiger charge is 2.27. The number of likely N-dealkylation sites (tertiary alicyclic amines) is 1. The first-order chi connectivity index (χ1) is 11.5. The van der Waals surface area contributed by atoms with E-state index in [1.807, 2.05) is 0 Å². The number of benzene rings is 1. The molecule has 0 spiro atoms. The number of nitrogens with zero attached hydrogens (tertiary/aromatic N) is 1. The number of rotatable bonds is 4. The van der Waals surface area contributed by atoms with Crippen LogP contribution in [0.4, 0.5) is 0 Å². The van der Waals surface area contributed by atoms with Crippen molar-refractivity contribution in [1.29, 1.82) is 0 Å². The quantitative estimate of drug-likeness (QED) is 0.853. The summed E-state index contributed by atoms with van der Waals surface area (Å²) in [7, 11) is 0. The van der Waals surface area contributed by atoms with Crippen LogP contribution in [0.15, 0.2) is 45.5 Å². The Hall–Kier alpha value is -1.59. The Bertz CT molecular complexity index is 696. The van der Waals surface area contributed by atoms with Crippen molar-refractivity contribution in [3.63, 3.8) is 0 Å². The highest BCUT2D eigenvalue weighted by Crippen LogP contribution is 2.21. The second-order valence-electron chi connectivity index (χ2n) is 6.60. The smallest absolute Gasteiger partial charge is 0.287 e. The highest BCUT2D eigenvalue weighted by atomic mass is 79.9. The topological polar surface area (TPSA) is 45.5 Å². The molecule has 4 nitrogen and oxygen atoms in total. The summed E-state index contributed by atoms with van der Waals surface area (Å²) in [6.45, 7) is 6.29. The van der Waals surface area contributed by atoms with E-state index in [-0.39, 0.29) is 11.9 Å². The first-order valence-electron chi connectivity index (χ1n) is 8.37.